The summed E-state index contributed by atoms with van der Waals surface area (Å²) >= 11 is 1.53. The first-order chi connectivity index (χ1) is 14.5. The molecule has 2 aliphatic rings. The van der Waals surface area contributed by atoms with Crippen molar-refractivity contribution in [3.63, 3.8) is 0 Å². The third kappa shape index (κ3) is 4.23. The van der Waals surface area contributed by atoms with E-state index in [1.807, 2.05) is 6.07 Å². The SMILES string of the molecule is O=C(Nc1ccc(S(=O)(=O)N2CCCC2)cc1)[C@@H]1CSCN1C(=O)c1ccccc1. The smallest absolute Gasteiger partial charge is 0.255 e. The van der Waals surface area contributed by atoms with Crippen LogP contribution in [0, 0.1) is 0 Å². The van der Waals surface area contributed by atoms with Crippen LogP contribution in [0.2, 0.25) is 0 Å². The highest BCUT2D eigenvalue weighted by molar-refractivity contribution is 7.99. The van der Waals surface area contributed by atoms with Gasteiger partial charge in [0.25, 0.3) is 5.91 Å². The molecule has 2 amide bonds. The largest absolute Gasteiger partial charge is 0.324 e. The summed E-state index contributed by atoms with van der Waals surface area (Å²) in [5.41, 5.74) is 1.05. The van der Waals surface area contributed by atoms with Crippen LogP contribution in [0.15, 0.2) is 59.5 Å². The fourth-order valence-corrected chi connectivity index (χ4v) is 6.29. The Labute approximate surface area is 180 Å². The zero-order valence-electron chi connectivity index (χ0n) is 16.4. The van der Waals surface area contributed by atoms with Crippen LogP contribution in [0.5, 0.6) is 0 Å². The Hall–Kier alpha value is -2.36. The molecule has 2 fully saturated rings. The van der Waals surface area contributed by atoms with Gasteiger partial charge in [-0.1, -0.05) is 18.2 Å². The van der Waals surface area contributed by atoms with Gasteiger partial charge in [0, 0.05) is 30.1 Å². The molecular formula is C21H23N3O4S2. The van der Waals surface area contributed by atoms with Crippen LogP contribution in [0.25, 0.3) is 0 Å². The standard InChI is InChI=1S/C21H23N3O4S2/c25-20(19-14-29-15-24(19)21(26)16-6-2-1-3-7-16)22-17-8-10-18(11-9-17)30(27,28)23-12-4-5-13-23/h1-3,6-11,19H,4-5,12-15H2,(H,22,25)/t19-/m0/s1. The van der Waals surface area contributed by atoms with Crippen LogP contribution in [0.3, 0.4) is 0 Å². The average molecular weight is 446 g/mol. The maximum absolute atomic E-state index is 12.8. The van der Waals surface area contributed by atoms with Crippen molar-refractivity contribution in [2.75, 3.05) is 30.0 Å². The summed E-state index contributed by atoms with van der Waals surface area (Å²) in [7, 11) is -3.49. The molecule has 2 aromatic rings. The van der Waals surface area contributed by atoms with Gasteiger partial charge < -0.3 is 10.2 Å². The van der Waals surface area contributed by atoms with Crippen LogP contribution in [0.4, 0.5) is 5.69 Å². The maximum atomic E-state index is 12.8. The average Bonchev–Trinajstić information content (AvgIpc) is 3.47. The zero-order chi connectivity index (χ0) is 21.1. The van der Waals surface area contributed by atoms with Gasteiger partial charge in [0.15, 0.2) is 0 Å². The number of thioether (sulfide) groups is 1. The Morgan fingerprint density at radius 2 is 1.63 bits per heavy atom. The molecule has 0 unspecified atom stereocenters. The fourth-order valence-electron chi connectivity index (χ4n) is 3.62. The topological polar surface area (TPSA) is 86.8 Å². The Morgan fingerprint density at radius 1 is 0.967 bits per heavy atom. The number of hydrogen-bond acceptors (Lipinski definition) is 5. The normalized spacial score (nSPS) is 19.7. The molecule has 0 aliphatic carbocycles. The lowest BCUT2D eigenvalue weighted by Gasteiger charge is -2.23. The summed E-state index contributed by atoms with van der Waals surface area (Å²) in [6, 6.07) is 14.5. The Morgan fingerprint density at radius 3 is 2.30 bits per heavy atom. The molecule has 0 saturated carbocycles. The highest BCUT2D eigenvalue weighted by atomic mass is 32.2. The molecule has 7 nitrogen and oxygen atoms in total. The van der Waals surface area contributed by atoms with Gasteiger partial charge in [0.05, 0.1) is 10.8 Å². The molecule has 0 radical (unpaired) electrons. The molecule has 0 aromatic heterocycles. The predicted octanol–water partition coefficient (Wildman–Crippen LogP) is 2.62. The first-order valence-corrected chi connectivity index (χ1v) is 12.4. The van der Waals surface area contributed by atoms with Crippen molar-refractivity contribution in [3.05, 3.63) is 60.2 Å². The fraction of sp³-hybridized carbons (Fsp3) is 0.333. The molecule has 4 rings (SSSR count). The molecule has 2 heterocycles. The monoisotopic (exact) mass is 445 g/mol. The lowest BCUT2D eigenvalue weighted by molar-refractivity contribution is -0.119. The predicted molar refractivity (Wildman–Crippen MR) is 117 cm³/mol. The minimum Gasteiger partial charge on any atom is -0.324 e. The number of sulfonamides is 1. The molecule has 158 valence electrons. The minimum absolute atomic E-state index is 0.173. The van der Waals surface area contributed by atoms with Crippen molar-refractivity contribution >= 4 is 39.3 Å². The van der Waals surface area contributed by atoms with Gasteiger partial charge in [-0.05, 0) is 49.2 Å². The summed E-state index contributed by atoms with van der Waals surface area (Å²) in [5, 5.41) is 2.81. The number of nitrogens with one attached hydrogen (secondary N) is 1. The summed E-state index contributed by atoms with van der Waals surface area (Å²) in [6.45, 7) is 1.09. The molecule has 2 aromatic carbocycles. The third-order valence-corrected chi connectivity index (χ3v) is 8.22. The van der Waals surface area contributed by atoms with Gasteiger partial charge >= 0.3 is 0 Å². The van der Waals surface area contributed by atoms with E-state index in [0.29, 0.717) is 36.0 Å². The van der Waals surface area contributed by atoms with Gasteiger partial charge in [-0.2, -0.15) is 4.31 Å². The third-order valence-electron chi connectivity index (χ3n) is 5.29. The minimum atomic E-state index is -3.49. The van der Waals surface area contributed by atoms with E-state index in [1.54, 1.807) is 41.3 Å². The van der Waals surface area contributed by atoms with Crippen LogP contribution >= 0.6 is 11.8 Å². The quantitative estimate of drug-likeness (QED) is 0.765. The Kier molecular flexibility index (Phi) is 6.12. The van der Waals surface area contributed by atoms with E-state index in [-0.39, 0.29) is 16.7 Å². The molecule has 2 saturated heterocycles. The van der Waals surface area contributed by atoms with Crippen molar-refractivity contribution in [1.29, 1.82) is 0 Å². The number of hydrogen-bond donors (Lipinski definition) is 1. The number of nitrogens with zero attached hydrogens (tertiary/aromatic N) is 2. The van der Waals surface area contributed by atoms with Crippen molar-refractivity contribution in [2.24, 2.45) is 0 Å². The van der Waals surface area contributed by atoms with E-state index < -0.39 is 16.1 Å². The highest BCUT2D eigenvalue weighted by Gasteiger charge is 2.35. The van der Waals surface area contributed by atoms with Crippen molar-refractivity contribution in [2.45, 2.75) is 23.8 Å². The first-order valence-electron chi connectivity index (χ1n) is 9.82. The molecule has 2 aliphatic heterocycles. The molecule has 0 bridgehead atoms. The lowest BCUT2D eigenvalue weighted by Crippen LogP contribution is -2.44. The second-order valence-electron chi connectivity index (χ2n) is 7.28. The van der Waals surface area contributed by atoms with Crippen molar-refractivity contribution < 1.29 is 18.0 Å². The number of carbonyl (C=O) groups is 2. The van der Waals surface area contributed by atoms with Crippen molar-refractivity contribution in [1.82, 2.24) is 9.21 Å². The number of amides is 2. The lowest BCUT2D eigenvalue weighted by atomic mass is 10.1. The van der Waals surface area contributed by atoms with Gasteiger partial charge in [-0.15, -0.1) is 11.8 Å². The Balaban J connectivity index is 1.44. The second-order valence-corrected chi connectivity index (χ2v) is 10.2. The molecule has 1 atom stereocenters. The number of benzene rings is 2. The van der Waals surface area contributed by atoms with E-state index in [4.69, 9.17) is 0 Å². The maximum Gasteiger partial charge on any atom is 0.255 e. The van der Waals surface area contributed by atoms with E-state index in [9.17, 15) is 18.0 Å². The summed E-state index contributed by atoms with van der Waals surface area (Å²) in [6.07, 6.45) is 1.76. The van der Waals surface area contributed by atoms with E-state index in [1.165, 1.54) is 28.2 Å². The Bertz CT molecular complexity index is 1020. The van der Waals surface area contributed by atoms with Gasteiger partial charge in [0.2, 0.25) is 15.9 Å². The van der Waals surface area contributed by atoms with Gasteiger partial charge in [-0.3, -0.25) is 9.59 Å². The van der Waals surface area contributed by atoms with E-state index in [0.717, 1.165) is 12.8 Å². The number of carbonyl (C=O) groups excluding carboxylic acids is 2. The van der Waals surface area contributed by atoms with Crippen LogP contribution < -0.4 is 5.32 Å². The number of anilines is 1. The summed E-state index contributed by atoms with van der Waals surface area (Å²) in [4.78, 5) is 27.4. The van der Waals surface area contributed by atoms with Gasteiger partial charge in [0.1, 0.15) is 6.04 Å². The molecule has 9 heteroatoms. The number of rotatable bonds is 5. The molecule has 0 spiro atoms. The van der Waals surface area contributed by atoms with Crippen LogP contribution in [-0.2, 0) is 14.8 Å². The molecular weight excluding hydrogens is 422 g/mol. The van der Waals surface area contributed by atoms with Crippen LogP contribution in [0.1, 0.15) is 23.2 Å². The zero-order valence-corrected chi connectivity index (χ0v) is 18.0. The van der Waals surface area contributed by atoms with Crippen molar-refractivity contribution in [3.8, 4) is 0 Å². The van der Waals surface area contributed by atoms with Crippen LogP contribution in [-0.4, -0.2) is 60.2 Å². The summed E-state index contributed by atoms with van der Waals surface area (Å²) in [5.74, 6) is 0.525. The first kappa shape index (κ1) is 20.9. The van der Waals surface area contributed by atoms with E-state index >= 15 is 0 Å². The second kappa shape index (κ2) is 8.79. The highest BCUT2D eigenvalue weighted by Crippen LogP contribution is 2.25. The van der Waals surface area contributed by atoms with Gasteiger partial charge in [-0.25, -0.2) is 8.42 Å². The molecule has 30 heavy (non-hydrogen) atoms. The molecule has 1 N–H and O–H groups in total. The van der Waals surface area contributed by atoms with E-state index in [2.05, 4.69) is 5.32 Å². The summed E-state index contributed by atoms with van der Waals surface area (Å²) < 4.78 is 26.7.